The van der Waals surface area contributed by atoms with Crippen LogP contribution in [0, 0.1) is 5.92 Å². The van der Waals surface area contributed by atoms with E-state index in [2.05, 4.69) is 26.6 Å². The summed E-state index contributed by atoms with van der Waals surface area (Å²) < 4.78 is 0.903. The SMILES string of the molecule is O=C(CC1CCNC1)Nc1ccc(Br)cc1Cl. The number of hydrogen-bond donors (Lipinski definition) is 2. The van der Waals surface area contributed by atoms with Crippen LogP contribution in [-0.4, -0.2) is 19.0 Å². The van der Waals surface area contributed by atoms with Crippen molar-refractivity contribution in [1.82, 2.24) is 5.32 Å². The van der Waals surface area contributed by atoms with Crippen LogP contribution >= 0.6 is 27.5 Å². The van der Waals surface area contributed by atoms with Crippen LogP contribution in [0.15, 0.2) is 22.7 Å². The molecule has 1 aromatic rings. The van der Waals surface area contributed by atoms with Gasteiger partial charge >= 0.3 is 0 Å². The van der Waals surface area contributed by atoms with Gasteiger partial charge in [0.1, 0.15) is 0 Å². The molecule has 1 amide bonds. The van der Waals surface area contributed by atoms with E-state index in [0.717, 1.165) is 24.0 Å². The first-order valence-corrected chi connectivity index (χ1v) is 6.78. The van der Waals surface area contributed by atoms with Gasteiger partial charge in [0.25, 0.3) is 0 Å². The number of amides is 1. The molecule has 0 aliphatic carbocycles. The molecule has 1 aliphatic heterocycles. The van der Waals surface area contributed by atoms with Crippen molar-refractivity contribution in [3.63, 3.8) is 0 Å². The second-order valence-electron chi connectivity index (χ2n) is 4.24. The lowest BCUT2D eigenvalue weighted by molar-refractivity contribution is -0.116. The fourth-order valence-corrected chi connectivity index (χ4v) is 2.66. The standard InChI is InChI=1S/C12H14BrClN2O/c13-9-1-2-11(10(14)6-9)16-12(17)5-8-3-4-15-7-8/h1-2,6,8,15H,3-5,7H2,(H,16,17). The predicted molar refractivity (Wildman–Crippen MR) is 73.4 cm³/mol. The summed E-state index contributed by atoms with van der Waals surface area (Å²) in [6.45, 7) is 1.94. The highest BCUT2D eigenvalue weighted by molar-refractivity contribution is 9.10. The Hall–Kier alpha value is -0.580. The first-order chi connectivity index (χ1) is 8.15. The zero-order valence-corrected chi connectivity index (χ0v) is 11.6. The molecular formula is C12H14BrClN2O. The van der Waals surface area contributed by atoms with Crippen LogP contribution in [0.5, 0.6) is 0 Å². The maximum absolute atomic E-state index is 11.8. The number of anilines is 1. The molecule has 2 N–H and O–H groups in total. The van der Waals surface area contributed by atoms with Gasteiger partial charge < -0.3 is 10.6 Å². The highest BCUT2D eigenvalue weighted by Gasteiger charge is 2.18. The van der Waals surface area contributed by atoms with Gasteiger partial charge in [0.2, 0.25) is 5.91 Å². The molecule has 0 spiro atoms. The van der Waals surface area contributed by atoms with Crippen LogP contribution in [0.2, 0.25) is 5.02 Å². The molecule has 1 fully saturated rings. The molecule has 1 aliphatic rings. The Morgan fingerprint density at radius 3 is 3.06 bits per heavy atom. The Labute approximate surface area is 114 Å². The minimum absolute atomic E-state index is 0.0305. The van der Waals surface area contributed by atoms with Gasteiger partial charge in [-0.05, 0) is 43.6 Å². The largest absolute Gasteiger partial charge is 0.325 e. The molecule has 2 rings (SSSR count). The molecular weight excluding hydrogens is 304 g/mol. The van der Waals surface area contributed by atoms with E-state index in [1.807, 2.05) is 6.07 Å². The van der Waals surface area contributed by atoms with Crippen molar-refractivity contribution in [2.45, 2.75) is 12.8 Å². The number of carbonyl (C=O) groups excluding carboxylic acids is 1. The van der Waals surface area contributed by atoms with Gasteiger partial charge in [-0.1, -0.05) is 27.5 Å². The van der Waals surface area contributed by atoms with E-state index in [1.54, 1.807) is 12.1 Å². The van der Waals surface area contributed by atoms with Crippen molar-refractivity contribution >= 4 is 39.1 Å². The third-order valence-electron chi connectivity index (χ3n) is 2.84. The molecule has 1 unspecified atom stereocenters. The van der Waals surface area contributed by atoms with E-state index in [-0.39, 0.29) is 5.91 Å². The van der Waals surface area contributed by atoms with Crippen molar-refractivity contribution in [2.75, 3.05) is 18.4 Å². The molecule has 1 saturated heterocycles. The molecule has 92 valence electrons. The van der Waals surface area contributed by atoms with E-state index < -0.39 is 0 Å². The third-order valence-corrected chi connectivity index (χ3v) is 3.65. The van der Waals surface area contributed by atoms with Crippen LogP contribution < -0.4 is 10.6 Å². The molecule has 0 bridgehead atoms. The molecule has 5 heteroatoms. The number of nitrogens with one attached hydrogen (secondary N) is 2. The zero-order chi connectivity index (χ0) is 12.3. The molecule has 0 radical (unpaired) electrons. The van der Waals surface area contributed by atoms with Crippen LogP contribution in [0.1, 0.15) is 12.8 Å². The number of benzene rings is 1. The lowest BCUT2D eigenvalue weighted by atomic mass is 10.0. The van der Waals surface area contributed by atoms with E-state index in [0.29, 0.717) is 23.0 Å². The quantitative estimate of drug-likeness (QED) is 0.899. The predicted octanol–water partition coefficient (Wildman–Crippen LogP) is 3.04. The maximum Gasteiger partial charge on any atom is 0.224 e. The number of hydrogen-bond acceptors (Lipinski definition) is 2. The molecule has 1 heterocycles. The van der Waals surface area contributed by atoms with Gasteiger partial charge in [0.15, 0.2) is 0 Å². The summed E-state index contributed by atoms with van der Waals surface area (Å²) in [4.78, 5) is 11.8. The Balaban J connectivity index is 1.93. The summed E-state index contributed by atoms with van der Waals surface area (Å²) in [5, 5.41) is 6.65. The van der Waals surface area contributed by atoms with Gasteiger partial charge in [-0.3, -0.25) is 4.79 Å². The number of halogens is 2. The topological polar surface area (TPSA) is 41.1 Å². The summed E-state index contributed by atoms with van der Waals surface area (Å²) in [7, 11) is 0. The normalized spacial score (nSPS) is 19.3. The third kappa shape index (κ3) is 3.69. The molecule has 17 heavy (non-hydrogen) atoms. The molecule has 0 saturated carbocycles. The van der Waals surface area contributed by atoms with Crippen molar-refractivity contribution in [2.24, 2.45) is 5.92 Å². The van der Waals surface area contributed by atoms with Gasteiger partial charge in [-0.2, -0.15) is 0 Å². The first-order valence-electron chi connectivity index (χ1n) is 5.61. The molecule has 1 aromatic carbocycles. The Morgan fingerprint density at radius 1 is 1.59 bits per heavy atom. The van der Waals surface area contributed by atoms with Crippen LogP contribution in [-0.2, 0) is 4.79 Å². The molecule has 1 atom stereocenters. The zero-order valence-electron chi connectivity index (χ0n) is 9.30. The fraction of sp³-hybridized carbons (Fsp3) is 0.417. The van der Waals surface area contributed by atoms with Gasteiger partial charge in [0.05, 0.1) is 10.7 Å². The Morgan fingerprint density at radius 2 is 2.41 bits per heavy atom. The average Bonchev–Trinajstić information content (AvgIpc) is 2.75. The van der Waals surface area contributed by atoms with Crippen LogP contribution in [0.4, 0.5) is 5.69 Å². The Bertz CT molecular complexity index is 419. The van der Waals surface area contributed by atoms with Crippen LogP contribution in [0.25, 0.3) is 0 Å². The minimum Gasteiger partial charge on any atom is -0.325 e. The van der Waals surface area contributed by atoms with Crippen molar-refractivity contribution in [1.29, 1.82) is 0 Å². The molecule has 3 nitrogen and oxygen atoms in total. The maximum atomic E-state index is 11.8. The summed E-state index contributed by atoms with van der Waals surface area (Å²) in [6, 6.07) is 5.43. The second kappa shape index (κ2) is 5.85. The van der Waals surface area contributed by atoms with Crippen molar-refractivity contribution < 1.29 is 4.79 Å². The fourth-order valence-electron chi connectivity index (χ4n) is 1.94. The van der Waals surface area contributed by atoms with Crippen molar-refractivity contribution in [3.8, 4) is 0 Å². The highest BCUT2D eigenvalue weighted by atomic mass is 79.9. The summed E-state index contributed by atoms with van der Waals surface area (Å²) in [6.07, 6.45) is 1.63. The van der Waals surface area contributed by atoms with Gasteiger partial charge in [0, 0.05) is 10.9 Å². The number of rotatable bonds is 3. The monoisotopic (exact) mass is 316 g/mol. The summed E-state index contributed by atoms with van der Waals surface area (Å²) in [5.41, 5.74) is 0.672. The first kappa shape index (κ1) is 12.9. The lowest BCUT2D eigenvalue weighted by Gasteiger charge is -2.10. The highest BCUT2D eigenvalue weighted by Crippen LogP contribution is 2.26. The van der Waals surface area contributed by atoms with E-state index in [9.17, 15) is 4.79 Å². The summed E-state index contributed by atoms with van der Waals surface area (Å²) in [5.74, 6) is 0.479. The molecule has 0 aromatic heterocycles. The van der Waals surface area contributed by atoms with Gasteiger partial charge in [-0.25, -0.2) is 0 Å². The smallest absolute Gasteiger partial charge is 0.224 e. The second-order valence-corrected chi connectivity index (χ2v) is 5.56. The lowest BCUT2D eigenvalue weighted by Crippen LogP contribution is -2.18. The van der Waals surface area contributed by atoms with Crippen molar-refractivity contribution in [3.05, 3.63) is 27.7 Å². The van der Waals surface area contributed by atoms with E-state index >= 15 is 0 Å². The average molecular weight is 318 g/mol. The number of carbonyl (C=O) groups is 1. The Kier molecular flexibility index (Phi) is 4.42. The van der Waals surface area contributed by atoms with E-state index in [1.165, 1.54) is 0 Å². The minimum atomic E-state index is 0.0305. The summed E-state index contributed by atoms with van der Waals surface area (Å²) >= 11 is 9.36. The van der Waals surface area contributed by atoms with Crippen LogP contribution in [0.3, 0.4) is 0 Å². The van der Waals surface area contributed by atoms with E-state index in [4.69, 9.17) is 11.6 Å². The van der Waals surface area contributed by atoms with Gasteiger partial charge in [-0.15, -0.1) is 0 Å².